The highest BCUT2D eigenvalue weighted by molar-refractivity contribution is 5.75. The van der Waals surface area contributed by atoms with E-state index in [0.717, 1.165) is 0 Å². The molecule has 0 amide bonds. The number of carbonyl (C=O) groups is 2. The van der Waals surface area contributed by atoms with Crippen molar-refractivity contribution in [2.75, 3.05) is 0 Å². The number of para-hydroxylation sites is 1. The number of hydrogen-bond acceptors (Lipinski definition) is 5. The fraction of sp³-hybridized carbons (Fsp3) is 0.333. The molecule has 108 valence electrons. The Morgan fingerprint density at radius 3 is 2.50 bits per heavy atom. The van der Waals surface area contributed by atoms with Gasteiger partial charge in [-0.15, -0.1) is 0 Å². The highest BCUT2D eigenvalue weighted by atomic mass is 16.6. The number of nitrogens with one attached hydrogen (secondary N) is 1. The molecule has 0 aliphatic rings. The predicted octanol–water partition coefficient (Wildman–Crippen LogP) is 1.00. The van der Waals surface area contributed by atoms with Crippen molar-refractivity contribution < 1.29 is 24.7 Å². The Kier molecular flexibility index (Phi) is 5.60. The summed E-state index contributed by atoms with van der Waals surface area (Å²) in [6.07, 6.45) is -0.383. The minimum absolute atomic E-state index is 0.0201. The van der Waals surface area contributed by atoms with E-state index in [-0.39, 0.29) is 25.1 Å². The largest absolute Gasteiger partial charge is 0.481 e. The Labute approximate surface area is 114 Å². The lowest BCUT2D eigenvalue weighted by Gasteiger charge is -2.13. The van der Waals surface area contributed by atoms with Gasteiger partial charge in [-0.3, -0.25) is 19.7 Å². The number of rotatable bonds is 8. The number of aliphatic carboxylic acids is 2. The number of nitrogens with zero attached hydrogens (tertiary/aromatic N) is 1. The summed E-state index contributed by atoms with van der Waals surface area (Å²) in [5.41, 5.74) is 0.237. The average molecular weight is 282 g/mol. The van der Waals surface area contributed by atoms with Crippen LogP contribution in [0.1, 0.15) is 18.4 Å². The number of hydrogen-bond donors (Lipinski definition) is 3. The monoisotopic (exact) mass is 282 g/mol. The Bertz CT molecular complexity index is 516. The molecule has 3 N–H and O–H groups in total. The van der Waals surface area contributed by atoms with Gasteiger partial charge < -0.3 is 15.5 Å². The third-order valence-corrected chi connectivity index (χ3v) is 2.67. The zero-order valence-electron chi connectivity index (χ0n) is 10.5. The normalized spacial score (nSPS) is 11.8. The molecule has 0 fully saturated rings. The molecular weight excluding hydrogens is 268 g/mol. The van der Waals surface area contributed by atoms with E-state index in [4.69, 9.17) is 10.2 Å². The van der Waals surface area contributed by atoms with Crippen LogP contribution >= 0.6 is 0 Å². The van der Waals surface area contributed by atoms with Crippen molar-refractivity contribution in [1.82, 2.24) is 5.32 Å². The van der Waals surface area contributed by atoms with Gasteiger partial charge in [0.15, 0.2) is 0 Å². The van der Waals surface area contributed by atoms with Crippen LogP contribution in [0.3, 0.4) is 0 Å². The van der Waals surface area contributed by atoms with Crippen molar-refractivity contribution >= 4 is 17.6 Å². The van der Waals surface area contributed by atoms with E-state index in [9.17, 15) is 19.7 Å². The van der Waals surface area contributed by atoms with Crippen molar-refractivity contribution in [3.05, 3.63) is 39.9 Å². The lowest BCUT2D eigenvalue weighted by Crippen LogP contribution is -2.36. The summed E-state index contributed by atoms with van der Waals surface area (Å²) in [4.78, 5) is 31.6. The zero-order valence-corrected chi connectivity index (χ0v) is 10.5. The lowest BCUT2D eigenvalue weighted by molar-refractivity contribution is -0.385. The highest BCUT2D eigenvalue weighted by Gasteiger charge is 2.20. The van der Waals surface area contributed by atoms with Gasteiger partial charge in [0.2, 0.25) is 0 Å². The van der Waals surface area contributed by atoms with Gasteiger partial charge in [-0.05, 0) is 6.42 Å². The van der Waals surface area contributed by atoms with E-state index in [2.05, 4.69) is 5.32 Å². The highest BCUT2D eigenvalue weighted by Crippen LogP contribution is 2.17. The van der Waals surface area contributed by atoms with Crippen molar-refractivity contribution in [3.8, 4) is 0 Å². The van der Waals surface area contributed by atoms with Crippen LogP contribution in [0.2, 0.25) is 0 Å². The van der Waals surface area contributed by atoms with Crippen LogP contribution in [-0.4, -0.2) is 33.1 Å². The molecule has 0 spiro atoms. The Morgan fingerprint density at radius 1 is 1.30 bits per heavy atom. The van der Waals surface area contributed by atoms with Crippen LogP contribution in [0, 0.1) is 10.1 Å². The van der Waals surface area contributed by atoms with E-state index < -0.39 is 22.9 Å². The van der Waals surface area contributed by atoms with Gasteiger partial charge in [-0.2, -0.15) is 0 Å². The van der Waals surface area contributed by atoms with E-state index in [1.807, 2.05) is 0 Å². The topological polar surface area (TPSA) is 130 Å². The minimum atomic E-state index is -1.19. The second-order valence-corrected chi connectivity index (χ2v) is 4.09. The smallest absolute Gasteiger partial charge is 0.320 e. The Hall–Kier alpha value is -2.48. The summed E-state index contributed by atoms with van der Waals surface area (Å²) in [5.74, 6) is -2.28. The van der Waals surface area contributed by atoms with Crippen molar-refractivity contribution in [1.29, 1.82) is 0 Å². The predicted molar refractivity (Wildman–Crippen MR) is 68.2 cm³/mol. The number of carboxylic acids is 2. The van der Waals surface area contributed by atoms with Crippen LogP contribution in [0.4, 0.5) is 5.69 Å². The molecule has 0 heterocycles. The third kappa shape index (κ3) is 4.65. The lowest BCUT2D eigenvalue weighted by atomic mass is 10.1. The molecule has 20 heavy (non-hydrogen) atoms. The molecule has 1 aromatic rings. The molecule has 0 saturated heterocycles. The molecular formula is C12H14N2O6. The maximum absolute atomic E-state index is 11.0. The first kappa shape index (κ1) is 15.6. The fourth-order valence-corrected chi connectivity index (χ4v) is 1.65. The quantitative estimate of drug-likeness (QED) is 0.479. The van der Waals surface area contributed by atoms with Crippen LogP contribution in [-0.2, 0) is 16.1 Å². The molecule has 8 nitrogen and oxygen atoms in total. The summed E-state index contributed by atoms with van der Waals surface area (Å²) in [6.45, 7) is -0.0201. The minimum Gasteiger partial charge on any atom is -0.481 e. The second kappa shape index (κ2) is 7.19. The van der Waals surface area contributed by atoms with Crippen LogP contribution in [0.5, 0.6) is 0 Å². The van der Waals surface area contributed by atoms with Crippen molar-refractivity contribution in [2.24, 2.45) is 0 Å². The van der Waals surface area contributed by atoms with Gasteiger partial charge in [0.25, 0.3) is 5.69 Å². The second-order valence-electron chi connectivity index (χ2n) is 4.09. The molecule has 0 radical (unpaired) electrons. The number of nitro groups is 1. The Morgan fingerprint density at radius 2 is 1.95 bits per heavy atom. The van der Waals surface area contributed by atoms with Gasteiger partial charge in [0.1, 0.15) is 6.04 Å². The summed E-state index contributed by atoms with van der Waals surface area (Å²) >= 11 is 0. The van der Waals surface area contributed by atoms with Gasteiger partial charge >= 0.3 is 11.9 Å². The van der Waals surface area contributed by atoms with Crippen LogP contribution in [0.25, 0.3) is 0 Å². The third-order valence-electron chi connectivity index (χ3n) is 2.67. The number of nitro benzene ring substituents is 1. The van der Waals surface area contributed by atoms with E-state index >= 15 is 0 Å². The number of carboxylic acid groups (broad SMARTS) is 2. The maximum Gasteiger partial charge on any atom is 0.320 e. The van der Waals surface area contributed by atoms with Crippen LogP contribution in [0.15, 0.2) is 24.3 Å². The summed E-state index contributed by atoms with van der Waals surface area (Å²) < 4.78 is 0. The molecule has 8 heteroatoms. The molecule has 0 aromatic heterocycles. The van der Waals surface area contributed by atoms with E-state index in [1.165, 1.54) is 18.2 Å². The fourth-order valence-electron chi connectivity index (χ4n) is 1.65. The van der Waals surface area contributed by atoms with Gasteiger partial charge in [0.05, 0.1) is 4.92 Å². The molecule has 0 aliphatic carbocycles. The first-order chi connectivity index (χ1) is 9.41. The van der Waals surface area contributed by atoms with E-state index in [1.54, 1.807) is 6.07 Å². The Balaban J connectivity index is 2.70. The molecule has 1 atom stereocenters. The van der Waals surface area contributed by atoms with Crippen molar-refractivity contribution in [3.63, 3.8) is 0 Å². The van der Waals surface area contributed by atoms with Crippen LogP contribution < -0.4 is 5.32 Å². The van der Waals surface area contributed by atoms with Gasteiger partial charge in [-0.1, -0.05) is 18.2 Å². The number of benzene rings is 1. The summed E-state index contributed by atoms with van der Waals surface area (Å²) in [7, 11) is 0. The SMILES string of the molecule is O=C(O)CC[C@H](NCc1ccccc1[N+](=O)[O-])C(=O)O. The van der Waals surface area contributed by atoms with E-state index in [0.29, 0.717) is 5.56 Å². The average Bonchev–Trinajstić information content (AvgIpc) is 2.38. The first-order valence-corrected chi connectivity index (χ1v) is 5.82. The first-order valence-electron chi connectivity index (χ1n) is 5.82. The standard InChI is InChI=1S/C12H14N2O6/c15-11(16)6-5-9(12(17)18)13-7-8-3-1-2-4-10(8)14(19)20/h1-4,9,13H,5-7H2,(H,15,16)(H,17,18)/t9-/m0/s1. The molecule has 0 unspecified atom stereocenters. The zero-order chi connectivity index (χ0) is 15.1. The molecule has 0 bridgehead atoms. The molecule has 0 saturated carbocycles. The van der Waals surface area contributed by atoms with Gasteiger partial charge in [0, 0.05) is 24.6 Å². The molecule has 0 aliphatic heterocycles. The summed E-state index contributed by atoms with van der Waals surface area (Å²) in [5, 5.41) is 30.9. The molecule has 1 aromatic carbocycles. The molecule has 1 rings (SSSR count). The summed E-state index contributed by atoms with van der Waals surface area (Å²) in [6, 6.07) is 4.90. The maximum atomic E-state index is 11.0. The van der Waals surface area contributed by atoms with Crippen molar-refractivity contribution in [2.45, 2.75) is 25.4 Å². The van der Waals surface area contributed by atoms with Gasteiger partial charge in [-0.25, -0.2) is 0 Å².